The Morgan fingerprint density at radius 2 is 1.61 bits per heavy atom. The molecule has 0 aromatic carbocycles. The summed E-state index contributed by atoms with van der Waals surface area (Å²) in [4.78, 5) is 0. The molecule has 1 rings (SSSR count). The molecule has 0 aromatic heterocycles. The van der Waals surface area contributed by atoms with E-state index in [2.05, 4.69) is 13.8 Å². The molecule has 0 bridgehead atoms. The van der Waals surface area contributed by atoms with Gasteiger partial charge >= 0.3 is 0 Å². The van der Waals surface area contributed by atoms with Crippen molar-refractivity contribution in [3.8, 4) is 0 Å². The summed E-state index contributed by atoms with van der Waals surface area (Å²) in [6.07, 6.45) is 9.24. The molecule has 1 saturated carbocycles. The van der Waals surface area contributed by atoms with Gasteiger partial charge in [0.05, 0.1) is 6.10 Å². The maximum Gasteiger partial charge on any atom is 0.0555 e. The predicted octanol–water partition coefficient (Wildman–Crippen LogP) is 3.92. The molecule has 1 aliphatic rings. The molecular formula is C14H31Cl2NO. The van der Waals surface area contributed by atoms with Crippen LogP contribution in [0.1, 0.15) is 65.2 Å². The van der Waals surface area contributed by atoms with Crippen LogP contribution in [0.15, 0.2) is 0 Å². The van der Waals surface area contributed by atoms with Crippen molar-refractivity contribution in [2.75, 3.05) is 0 Å². The highest BCUT2D eigenvalue weighted by Crippen LogP contribution is 2.27. The number of hydrogen-bond donors (Lipinski definition) is 2. The van der Waals surface area contributed by atoms with Gasteiger partial charge in [-0.15, -0.1) is 24.8 Å². The second kappa shape index (κ2) is 11.3. The van der Waals surface area contributed by atoms with Gasteiger partial charge in [0.25, 0.3) is 0 Å². The molecule has 0 saturated heterocycles. The molecule has 3 N–H and O–H groups in total. The fourth-order valence-corrected chi connectivity index (χ4v) is 2.71. The summed E-state index contributed by atoms with van der Waals surface area (Å²) in [5, 5.41) is 9.92. The maximum absolute atomic E-state index is 9.92. The molecule has 0 heterocycles. The molecular weight excluding hydrogens is 269 g/mol. The van der Waals surface area contributed by atoms with Crippen LogP contribution in [0.5, 0.6) is 0 Å². The SMILES string of the molecule is CC(C)CCC(O)CC(N)C1CCCCC1.Cl.Cl. The van der Waals surface area contributed by atoms with Crippen molar-refractivity contribution >= 4 is 24.8 Å². The zero-order valence-corrected chi connectivity index (χ0v) is 13.4. The minimum atomic E-state index is -0.181. The summed E-state index contributed by atoms with van der Waals surface area (Å²) >= 11 is 0. The smallest absolute Gasteiger partial charge is 0.0555 e. The van der Waals surface area contributed by atoms with Crippen LogP contribution < -0.4 is 5.73 Å². The highest BCUT2D eigenvalue weighted by molar-refractivity contribution is 5.85. The molecule has 2 nitrogen and oxygen atoms in total. The Labute approximate surface area is 125 Å². The lowest BCUT2D eigenvalue weighted by atomic mass is 9.82. The zero-order chi connectivity index (χ0) is 12.0. The van der Waals surface area contributed by atoms with Gasteiger partial charge in [-0.05, 0) is 43.9 Å². The van der Waals surface area contributed by atoms with Crippen LogP contribution >= 0.6 is 24.8 Å². The van der Waals surface area contributed by atoms with E-state index in [0.717, 1.165) is 19.3 Å². The van der Waals surface area contributed by atoms with E-state index in [1.54, 1.807) is 0 Å². The molecule has 4 heteroatoms. The third-order valence-corrected chi connectivity index (χ3v) is 3.88. The molecule has 0 aliphatic heterocycles. The second-order valence-electron chi connectivity index (χ2n) is 5.92. The van der Waals surface area contributed by atoms with Crippen LogP contribution in [0.25, 0.3) is 0 Å². The van der Waals surface area contributed by atoms with Crippen molar-refractivity contribution in [1.29, 1.82) is 0 Å². The Bertz CT molecular complexity index is 185. The van der Waals surface area contributed by atoms with E-state index < -0.39 is 0 Å². The fraction of sp³-hybridized carbons (Fsp3) is 1.00. The number of hydrogen-bond acceptors (Lipinski definition) is 2. The minimum Gasteiger partial charge on any atom is -0.393 e. The van der Waals surface area contributed by atoms with Gasteiger partial charge in [0, 0.05) is 6.04 Å². The van der Waals surface area contributed by atoms with E-state index in [0.29, 0.717) is 11.8 Å². The molecule has 1 fully saturated rings. The highest BCUT2D eigenvalue weighted by atomic mass is 35.5. The Balaban J connectivity index is 0. The summed E-state index contributed by atoms with van der Waals surface area (Å²) in [6.45, 7) is 4.40. The number of aliphatic hydroxyl groups excluding tert-OH is 1. The van der Waals surface area contributed by atoms with Crippen LogP contribution in [0, 0.1) is 11.8 Å². The lowest BCUT2D eigenvalue weighted by molar-refractivity contribution is 0.123. The van der Waals surface area contributed by atoms with Crippen molar-refractivity contribution in [1.82, 2.24) is 0 Å². The van der Waals surface area contributed by atoms with Crippen LogP contribution in [-0.4, -0.2) is 17.3 Å². The van der Waals surface area contributed by atoms with Crippen molar-refractivity contribution in [3.05, 3.63) is 0 Å². The van der Waals surface area contributed by atoms with Gasteiger partial charge in [-0.25, -0.2) is 0 Å². The Morgan fingerprint density at radius 3 is 2.11 bits per heavy atom. The number of rotatable bonds is 6. The van der Waals surface area contributed by atoms with Gasteiger partial charge in [0.15, 0.2) is 0 Å². The quantitative estimate of drug-likeness (QED) is 0.781. The monoisotopic (exact) mass is 299 g/mol. The third kappa shape index (κ3) is 8.58. The second-order valence-corrected chi connectivity index (χ2v) is 5.92. The van der Waals surface area contributed by atoms with Crippen LogP contribution in [0.4, 0.5) is 0 Å². The van der Waals surface area contributed by atoms with Crippen LogP contribution in [0.2, 0.25) is 0 Å². The molecule has 0 amide bonds. The summed E-state index contributed by atoms with van der Waals surface area (Å²) in [6, 6.07) is 0.225. The Morgan fingerprint density at radius 1 is 1.06 bits per heavy atom. The van der Waals surface area contributed by atoms with Gasteiger partial charge in [-0.3, -0.25) is 0 Å². The van der Waals surface area contributed by atoms with Crippen LogP contribution in [0.3, 0.4) is 0 Å². The fourth-order valence-electron chi connectivity index (χ4n) is 2.71. The van der Waals surface area contributed by atoms with E-state index in [1.807, 2.05) is 0 Å². The summed E-state index contributed by atoms with van der Waals surface area (Å²) in [7, 11) is 0. The summed E-state index contributed by atoms with van der Waals surface area (Å²) in [5.41, 5.74) is 6.20. The lowest BCUT2D eigenvalue weighted by Gasteiger charge is -2.29. The average molecular weight is 300 g/mol. The first-order valence-electron chi connectivity index (χ1n) is 7.03. The third-order valence-electron chi connectivity index (χ3n) is 3.88. The normalized spacial score (nSPS) is 19.8. The minimum absolute atomic E-state index is 0. The average Bonchev–Trinajstić information content (AvgIpc) is 2.27. The first kappa shape index (κ1) is 20.8. The molecule has 18 heavy (non-hydrogen) atoms. The van der Waals surface area contributed by atoms with Crippen molar-refractivity contribution < 1.29 is 5.11 Å². The first-order chi connectivity index (χ1) is 7.59. The molecule has 1 aliphatic carbocycles. The molecule has 0 aromatic rings. The number of halogens is 2. The molecule has 0 spiro atoms. The molecule has 112 valence electrons. The van der Waals surface area contributed by atoms with Crippen molar-refractivity contribution in [3.63, 3.8) is 0 Å². The first-order valence-corrected chi connectivity index (χ1v) is 7.03. The van der Waals surface area contributed by atoms with E-state index in [9.17, 15) is 5.11 Å². The topological polar surface area (TPSA) is 46.2 Å². The lowest BCUT2D eigenvalue weighted by Crippen LogP contribution is -2.35. The predicted molar refractivity (Wildman–Crippen MR) is 83.7 cm³/mol. The van der Waals surface area contributed by atoms with Crippen molar-refractivity contribution in [2.24, 2.45) is 17.6 Å². The van der Waals surface area contributed by atoms with Gasteiger partial charge < -0.3 is 10.8 Å². The zero-order valence-electron chi connectivity index (χ0n) is 11.8. The van der Waals surface area contributed by atoms with Gasteiger partial charge in [-0.2, -0.15) is 0 Å². The van der Waals surface area contributed by atoms with E-state index in [-0.39, 0.29) is 37.0 Å². The standard InChI is InChI=1S/C14H29NO.2ClH/c1-11(2)8-9-13(16)10-14(15)12-6-4-3-5-7-12;;/h11-14,16H,3-10,15H2,1-2H3;2*1H. The van der Waals surface area contributed by atoms with Gasteiger partial charge in [0.1, 0.15) is 0 Å². The summed E-state index contributed by atoms with van der Waals surface area (Å²) < 4.78 is 0. The van der Waals surface area contributed by atoms with E-state index in [4.69, 9.17) is 5.73 Å². The van der Waals surface area contributed by atoms with E-state index >= 15 is 0 Å². The van der Waals surface area contributed by atoms with Crippen LogP contribution in [-0.2, 0) is 0 Å². The van der Waals surface area contributed by atoms with Crippen molar-refractivity contribution in [2.45, 2.75) is 77.4 Å². The Kier molecular flexibility index (Phi) is 13.1. The van der Waals surface area contributed by atoms with Gasteiger partial charge in [-0.1, -0.05) is 33.1 Å². The molecule has 2 unspecified atom stereocenters. The van der Waals surface area contributed by atoms with Gasteiger partial charge in [0.2, 0.25) is 0 Å². The number of nitrogens with two attached hydrogens (primary N) is 1. The largest absolute Gasteiger partial charge is 0.393 e. The maximum atomic E-state index is 9.92. The molecule has 2 atom stereocenters. The molecule has 0 radical (unpaired) electrons. The Hall–Kier alpha value is 0.500. The summed E-state index contributed by atoms with van der Waals surface area (Å²) in [5.74, 6) is 1.35. The van der Waals surface area contributed by atoms with E-state index in [1.165, 1.54) is 32.1 Å². The highest BCUT2D eigenvalue weighted by Gasteiger charge is 2.22. The number of aliphatic hydroxyl groups is 1.